The highest BCUT2D eigenvalue weighted by molar-refractivity contribution is 7.15. The minimum atomic E-state index is -0.283. The molecule has 14 heteroatoms. The van der Waals surface area contributed by atoms with Crippen molar-refractivity contribution < 1.29 is 14.0 Å². The Bertz CT molecular complexity index is 1600. The molecule has 2 N–H and O–H groups in total. The molecule has 216 valence electrons. The van der Waals surface area contributed by atoms with Crippen LogP contribution < -0.4 is 10.6 Å². The average molecular weight is 606 g/mol. The summed E-state index contributed by atoms with van der Waals surface area (Å²) in [4.78, 5) is 24.6. The Morgan fingerprint density at radius 1 is 0.738 bits per heavy atom. The molecule has 3 aromatic heterocycles. The topological polar surface area (TPSA) is 140 Å². The van der Waals surface area contributed by atoms with Crippen LogP contribution >= 0.6 is 22.7 Å². The van der Waals surface area contributed by atoms with Crippen molar-refractivity contribution in [2.45, 2.75) is 51.5 Å². The minimum Gasteiger partial charge on any atom is -0.301 e. The molecule has 0 bridgehead atoms. The number of nitrogens with zero attached hydrogens (tertiary/aromatic N) is 7. The van der Waals surface area contributed by atoms with Crippen molar-refractivity contribution in [3.05, 3.63) is 93.4 Å². The lowest BCUT2D eigenvalue weighted by Crippen LogP contribution is -2.14. The molecule has 5 aromatic rings. The van der Waals surface area contributed by atoms with Gasteiger partial charge in [0, 0.05) is 31.9 Å². The summed E-state index contributed by atoms with van der Waals surface area (Å²) in [6.07, 6.45) is 6.01. The average Bonchev–Trinajstić information content (AvgIpc) is 3.74. The van der Waals surface area contributed by atoms with Crippen LogP contribution in [0.1, 0.15) is 46.1 Å². The van der Waals surface area contributed by atoms with E-state index in [1.165, 1.54) is 34.8 Å². The molecule has 0 saturated heterocycles. The molecular weight excluding hydrogens is 578 g/mol. The Kier molecular flexibility index (Phi) is 10.0. The van der Waals surface area contributed by atoms with E-state index in [1.54, 1.807) is 23.0 Å². The summed E-state index contributed by atoms with van der Waals surface area (Å²) in [7, 11) is 0. The molecule has 3 heterocycles. The molecule has 0 aliphatic heterocycles. The smallest absolute Gasteiger partial charge is 0.230 e. The third-order valence-electron chi connectivity index (χ3n) is 6.12. The summed E-state index contributed by atoms with van der Waals surface area (Å²) in [5.41, 5.74) is 2.55. The van der Waals surface area contributed by atoms with Gasteiger partial charge < -0.3 is 10.6 Å². The highest BCUT2D eigenvalue weighted by atomic mass is 32.1. The molecule has 0 saturated carbocycles. The fourth-order valence-electron chi connectivity index (χ4n) is 4.04. The molecule has 5 rings (SSSR count). The lowest BCUT2D eigenvalue weighted by atomic mass is 10.1. The summed E-state index contributed by atoms with van der Waals surface area (Å²) >= 11 is 2.75. The van der Waals surface area contributed by atoms with Crippen molar-refractivity contribution in [1.29, 1.82) is 0 Å². The van der Waals surface area contributed by atoms with Gasteiger partial charge in [0.05, 0.1) is 18.7 Å². The lowest BCUT2D eigenvalue weighted by Gasteiger charge is -2.00. The highest BCUT2D eigenvalue weighted by Gasteiger charge is 2.12. The Morgan fingerprint density at radius 3 is 2.05 bits per heavy atom. The number of carbonyl (C=O) groups excluding carboxylic acids is 2. The van der Waals surface area contributed by atoms with Gasteiger partial charge in [-0.15, -0.1) is 25.5 Å². The second-order valence-electron chi connectivity index (χ2n) is 9.50. The van der Waals surface area contributed by atoms with E-state index < -0.39 is 0 Å². The summed E-state index contributed by atoms with van der Waals surface area (Å²) in [6, 6.07) is 15.8. The van der Waals surface area contributed by atoms with Crippen LogP contribution in [-0.2, 0) is 41.8 Å². The standard InChI is InChI=1S/C28H28FN9O2S2/c29-21-12-10-20(11-13-21)17-38-18-22(32-37-38)14-15-23(39)30-27-35-33-25(41-27)8-4-5-9-26-34-36-28(42-26)31-24(40)16-19-6-2-1-3-7-19/h1-3,6-7,10-13,18H,4-5,8-9,14-17H2,(H,30,35,39)(H,31,36,40). The Balaban J connectivity index is 0.973. The molecule has 2 amide bonds. The van der Waals surface area contributed by atoms with Crippen molar-refractivity contribution in [3.8, 4) is 0 Å². The summed E-state index contributed by atoms with van der Waals surface area (Å²) in [5, 5.41) is 33.0. The van der Waals surface area contributed by atoms with Crippen LogP contribution in [0, 0.1) is 5.82 Å². The first-order valence-electron chi connectivity index (χ1n) is 13.4. The quantitative estimate of drug-likeness (QED) is 0.177. The second-order valence-corrected chi connectivity index (χ2v) is 11.6. The number of benzene rings is 2. The van der Waals surface area contributed by atoms with Gasteiger partial charge >= 0.3 is 0 Å². The van der Waals surface area contributed by atoms with Gasteiger partial charge in [0.1, 0.15) is 15.8 Å². The third kappa shape index (κ3) is 9.04. The Labute approximate surface area is 249 Å². The predicted octanol–water partition coefficient (Wildman–Crippen LogP) is 4.49. The summed E-state index contributed by atoms with van der Waals surface area (Å²) < 4.78 is 14.7. The van der Waals surface area contributed by atoms with Crippen molar-refractivity contribution in [3.63, 3.8) is 0 Å². The molecule has 0 aliphatic carbocycles. The fraction of sp³-hybridized carbons (Fsp3) is 0.286. The minimum absolute atomic E-state index is 0.116. The number of rotatable bonds is 14. The number of nitrogens with one attached hydrogen (secondary N) is 2. The monoisotopic (exact) mass is 605 g/mol. The Hall–Kier alpha value is -4.43. The Morgan fingerprint density at radius 2 is 1.38 bits per heavy atom. The first-order valence-corrected chi connectivity index (χ1v) is 15.0. The van der Waals surface area contributed by atoms with Gasteiger partial charge in [-0.05, 0) is 36.1 Å². The molecule has 0 fully saturated rings. The van der Waals surface area contributed by atoms with Crippen molar-refractivity contribution in [2.75, 3.05) is 10.6 Å². The largest absolute Gasteiger partial charge is 0.301 e. The van der Waals surface area contributed by atoms with E-state index in [0.717, 1.165) is 46.8 Å². The molecule has 2 aromatic carbocycles. The number of amides is 2. The number of carbonyl (C=O) groups is 2. The number of aromatic nitrogens is 7. The fourth-order valence-corrected chi connectivity index (χ4v) is 5.63. The molecule has 42 heavy (non-hydrogen) atoms. The van der Waals surface area contributed by atoms with Crippen molar-refractivity contribution in [1.82, 2.24) is 35.4 Å². The zero-order valence-electron chi connectivity index (χ0n) is 22.6. The van der Waals surface area contributed by atoms with Gasteiger partial charge in [-0.25, -0.2) is 9.07 Å². The summed E-state index contributed by atoms with van der Waals surface area (Å²) in [5.74, 6) is -0.572. The number of anilines is 2. The number of halogens is 1. The van der Waals surface area contributed by atoms with Crippen LogP contribution in [0.4, 0.5) is 14.7 Å². The number of hydrogen-bond acceptors (Lipinski definition) is 10. The van der Waals surface area contributed by atoms with E-state index in [2.05, 4.69) is 41.3 Å². The maximum absolute atomic E-state index is 13.1. The van der Waals surface area contributed by atoms with E-state index in [9.17, 15) is 14.0 Å². The summed E-state index contributed by atoms with van der Waals surface area (Å²) in [6.45, 7) is 0.474. The van der Waals surface area contributed by atoms with Gasteiger partial charge in [-0.3, -0.25) is 9.59 Å². The molecule has 0 radical (unpaired) electrons. The molecule has 0 unspecified atom stereocenters. The van der Waals surface area contributed by atoms with E-state index in [4.69, 9.17) is 0 Å². The van der Waals surface area contributed by atoms with Crippen LogP contribution in [0.2, 0.25) is 0 Å². The predicted molar refractivity (Wildman–Crippen MR) is 158 cm³/mol. The van der Waals surface area contributed by atoms with Crippen LogP contribution in [0.3, 0.4) is 0 Å². The van der Waals surface area contributed by atoms with Gasteiger partial charge in [0.25, 0.3) is 0 Å². The second kappa shape index (κ2) is 14.5. The number of unbranched alkanes of at least 4 members (excludes halogenated alkanes) is 1. The van der Waals surface area contributed by atoms with Gasteiger partial charge in [0.2, 0.25) is 22.1 Å². The molecule has 11 nitrogen and oxygen atoms in total. The van der Waals surface area contributed by atoms with Crippen molar-refractivity contribution in [2.24, 2.45) is 0 Å². The van der Waals surface area contributed by atoms with Gasteiger partial charge in [-0.1, -0.05) is 70.4 Å². The zero-order valence-corrected chi connectivity index (χ0v) is 24.2. The van der Waals surface area contributed by atoms with E-state index in [-0.39, 0.29) is 24.1 Å². The zero-order chi connectivity index (χ0) is 29.1. The van der Waals surface area contributed by atoms with Crippen LogP contribution in [-0.4, -0.2) is 47.2 Å². The van der Waals surface area contributed by atoms with E-state index in [0.29, 0.717) is 35.3 Å². The molecular formula is C28H28FN9O2S2. The van der Waals surface area contributed by atoms with Crippen LogP contribution in [0.15, 0.2) is 60.8 Å². The molecule has 0 atom stereocenters. The third-order valence-corrected chi connectivity index (χ3v) is 7.91. The normalized spacial score (nSPS) is 11.0. The lowest BCUT2D eigenvalue weighted by molar-refractivity contribution is -0.116. The van der Waals surface area contributed by atoms with Crippen LogP contribution in [0.5, 0.6) is 0 Å². The van der Waals surface area contributed by atoms with Crippen LogP contribution in [0.25, 0.3) is 0 Å². The van der Waals surface area contributed by atoms with Gasteiger partial charge in [0.15, 0.2) is 0 Å². The van der Waals surface area contributed by atoms with Crippen molar-refractivity contribution >= 4 is 44.8 Å². The number of hydrogen-bond donors (Lipinski definition) is 2. The first-order chi connectivity index (χ1) is 20.5. The maximum atomic E-state index is 13.1. The first kappa shape index (κ1) is 29.1. The van der Waals surface area contributed by atoms with E-state index >= 15 is 0 Å². The molecule has 0 spiro atoms. The van der Waals surface area contributed by atoms with Gasteiger partial charge in [-0.2, -0.15) is 0 Å². The highest BCUT2D eigenvalue weighted by Crippen LogP contribution is 2.20. The molecule has 0 aliphatic rings. The SMILES string of the molecule is O=C(CCc1cn(Cc2ccc(F)cc2)nn1)Nc1nnc(CCCCc2nnc(NC(=O)Cc3ccccc3)s2)s1. The maximum Gasteiger partial charge on any atom is 0.230 e. The number of aryl methyl sites for hydroxylation is 3. The van der Waals surface area contributed by atoms with E-state index in [1.807, 2.05) is 30.3 Å².